The second-order valence-corrected chi connectivity index (χ2v) is 9.40. The summed E-state index contributed by atoms with van der Waals surface area (Å²) in [4.78, 5) is 18.9. The molecule has 1 fully saturated rings. The lowest BCUT2D eigenvalue weighted by Gasteiger charge is -2.36. The molecule has 0 saturated carbocycles. The number of aromatic nitrogens is 5. The lowest BCUT2D eigenvalue weighted by molar-refractivity contribution is 0.149. The van der Waals surface area contributed by atoms with E-state index in [9.17, 15) is 4.79 Å². The van der Waals surface area contributed by atoms with Crippen molar-refractivity contribution in [2.24, 2.45) is 5.92 Å². The van der Waals surface area contributed by atoms with Crippen molar-refractivity contribution in [1.29, 1.82) is 0 Å². The predicted molar refractivity (Wildman–Crippen MR) is 129 cm³/mol. The van der Waals surface area contributed by atoms with Crippen molar-refractivity contribution >= 4 is 10.9 Å². The normalized spacial score (nSPS) is 16.3. The fraction of sp³-hybridized carbons (Fsp3) is 0.385. The molecule has 3 heterocycles. The number of aryl methyl sites for hydroxylation is 2. The number of nitrogens with one attached hydrogen (secondary N) is 1. The van der Waals surface area contributed by atoms with Gasteiger partial charge in [0.2, 0.25) is 0 Å². The largest absolute Gasteiger partial charge is 0.322 e. The first-order valence-electron chi connectivity index (χ1n) is 11.7. The maximum absolute atomic E-state index is 13.4. The maximum Gasteiger partial charge on any atom is 0.253 e. The highest BCUT2D eigenvalue weighted by Gasteiger charge is 2.32. The third-order valence-corrected chi connectivity index (χ3v) is 6.80. The average Bonchev–Trinajstić information content (AvgIpc) is 3.24. The van der Waals surface area contributed by atoms with Crippen molar-refractivity contribution in [3.05, 3.63) is 87.0 Å². The lowest BCUT2D eigenvalue weighted by atomic mass is 9.94. The van der Waals surface area contributed by atoms with E-state index in [0.29, 0.717) is 23.9 Å². The molecule has 0 amide bonds. The van der Waals surface area contributed by atoms with Crippen LogP contribution in [-0.4, -0.2) is 43.2 Å². The van der Waals surface area contributed by atoms with Gasteiger partial charge in [0.15, 0.2) is 5.82 Å². The fourth-order valence-electron chi connectivity index (χ4n) is 4.95. The third-order valence-electron chi connectivity index (χ3n) is 6.80. The van der Waals surface area contributed by atoms with Crippen LogP contribution in [-0.2, 0) is 6.54 Å². The molecular weight excluding hydrogens is 412 g/mol. The number of hydrogen-bond acceptors (Lipinski definition) is 5. The number of nitrogens with zero attached hydrogens (tertiary/aromatic N) is 5. The zero-order chi connectivity index (χ0) is 22.9. The van der Waals surface area contributed by atoms with Gasteiger partial charge in [-0.3, -0.25) is 9.69 Å². The molecule has 1 atom stereocenters. The average molecular weight is 443 g/mol. The summed E-state index contributed by atoms with van der Waals surface area (Å²) in [6, 6.07) is 16.1. The van der Waals surface area contributed by atoms with Gasteiger partial charge in [0.1, 0.15) is 6.04 Å². The van der Waals surface area contributed by atoms with Gasteiger partial charge in [-0.1, -0.05) is 43.3 Å². The Kier molecular flexibility index (Phi) is 5.81. The summed E-state index contributed by atoms with van der Waals surface area (Å²) < 4.78 is 1.84. The second kappa shape index (κ2) is 8.90. The number of rotatable bonds is 5. The van der Waals surface area contributed by atoms with Crippen LogP contribution in [0, 0.1) is 19.8 Å². The van der Waals surface area contributed by atoms with Gasteiger partial charge in [-0.15, -0.1) is 5.10 Å². The Morgan fingerprint density at radius 1 is 1.09 bits per heavy atom. The van der Waals surface area contributed by atoms with E-state index in [1.165, 1.54) is 0 Å². The predicted octanol–water partition coefficient (Wildman–Crippen LogP) is 4.00. The standard InChI is InChI=1S/C26H30N6O/c1-17-9-11-31(12-10-17)24(25-28-29-30-32(25)16-20-7-5-4-6-8-20)22-15-21-19(3)13-18(2)14-23(21)27-26(22)33/h4-8,13-15,17,24H,9-12,16H2,1-3H3,(H,27,33)/t24-/m0/s1. The number of pyridine rings is 1. The highest BCUT2D eigenvalue weighted by Crippen LogP contribution is 2.31. The minimum absolute atomic E-state index is 0.0783. The highest BCUT2D eigenvalue weighted by atomic mass is 16.1. The molecule has 0 spiro atoms. The molecule has 2 aromatic heterocycles. The monoisotopic (exact) mass is 442 g/mol. The number of benzene rings is 2. The van der Waals surface area contributed by atoms with Crippen molar-refractivity contribution in [3.63, 3.8) is 0 Å². The van der Waals surface area contributed by atoms with E-state index in [2.05, 4.69) is 57.5 Å². The number of tetrazole rings is 1. The van der Waals surface area contributed by atoms with E-state index in [4.69, 9.17) is 0 Å². The fourth-order valence-corrected chi connectivity index (χ4v) is 4.95. The molecule has 2 aromatic carbocycles. The van der Waals surface area contributed by atoms with Gasteiger partial charge in [-0.05, 0) is 84.9 Å². The van der Waals surface area contributed by atoms with E-state index in [-0.39, 0.29) is 11.6 Å². The van der Waals surface area contributed by atoms with Gasteiger partial charge in [0, 0.05) is 16.5 Å². The highest BCUT2D eigenvalue weighted by molar-refractivity contribution is 5.83. The maximum atomic E-state index is 13.4. The quantitative estimate of drug-likeness (QED) is 0.505. The molecule has 1 aliphatic heterocycles. The van der Waals surface area contributed by atoms with E-state index in [1.807, 2.05) is 41.9 Å². The number of H-pyrrole nitrogens is 1. The van der Waals surface area contributed by atoms with Crippen LogP contribution in [0.4, 0.5) is 0 Å². The van der Waals surface area contributed by atoms with E-state index in [1.54, 1.807) is 0 Å². The SMILES string of the molecule is Cc1cc(C)c2cc([C@@H](c3nnnn3Cc3ccccc3)N3CCC(C)CC3)c(=O)[nH]c2c1. The summed E-state index contributed by atoms with van der Waals surface area (Å²) in [7, 11) is 0. The zero-order valence-electron chi connectivity index (χ0n) is 19.5. The molecule has 0 unspecified atom stereocenters. The van der Waals surface area contributed by atoms with E-state index >= 15 is 0 Å². The number of hydrogen-bond donors (Lipinski definition) is 1. The van der Waals surface area contributed by atoms with Gasteiger partial charge in [-0.2, -0.15) is 0 Å². The third kappa shape index (κ3) is 4.33. The van der Waals surface area contributed by atoms with Crippen LogP contribution in [0.15, 0.2) is 53.3 Å². The smallest absolute Gasteiger partial charge is 0.253 e. The number of likely N-dealkylation sites (tertiary alicyclic amines) is 1. The van der Waals surface area contributed by atoms with Crippen molar-refractivity contribution in [1.82, 2.24) is 30.1 Å². The molecule has 0 bridgehead atoms. The Morgan fingerprint density at radius 3 is 2.61 bits per heavy atom. The molecule has 170 valence electrons. The summed E-state index contributed by atoms with van der Waals surface area (Å²) in [6.45, 7) is 8.82. The molecule has 0 aliphatic carbocycles. The first-order chi connectivity index (χ1) is 16.0. The molecule has 33 heavy (non-hydrogen) atoms. The molecule has 4 aromatic rings. The molecule has 1 aliphatic rings. The number of piperidine rings is 1. The zero-order valence-corrected chi connectivity index (χ0v) is 19.5. The van der Waals surface area contributed by atoms with Gasteiger partial charge < -0.3 is 4.98 Å². The molecule has 7 heteroatoms. The van der Waals surface area contributed by atoms with Crippen LogP contribution >= 0.6 is 0 Å². The Balaban J connectivity index is 1.63. The van der Waals surface area contributed by atoms with Crippen molar-refractivity contribution in [3.8, 4) is 0 Å². The van der Waals surface area contributed by atoms with Crippen molar-refractivity contribution in [2.75, 3.05) is 13.1 Å². The molecule has 0 radical (unpaired) electrons. The minimum atomic E-state index is -0.301. The van der Waals surface area contributed by atoms with Crippen LogP contribution in [0.1, 0.15) is 53.9 Å². The van der Waals surface area contributed by atoms with E-state index < -0.39 is 0 Å². The minimum Gasteiger partial charge on any atom is -0.322 e. The second-order valence-electron chi connectivity index (χ2n) is 9.40. The van der Waals surface area contributed by atoms with Crippen LogP contribution in [0.25, 0.3) is 10.9 Å². The van der Waals surface area contributed by atoms with E-state index in [0.717, 1.165) is 53.5 Å². The van der Waals surface area contributed by atoms with Gasteiger partial charge in [-0.25, -0.2) is 4.68 Å². The lowest BCUT2D eigenvalue weighted by Crippen LogP contribution is -2.40. The molecule has 1 N–H and O–H groups in total. The summed E-state index contributed by atoms with van der Waals surface area (Å²) in [5, 5.41) is 13.8. The molecule has 7 nitrogen and oxygen atoms in total. The summed E-state index contributed by atoms with van der Waals surface area (Å²) in [6.07, 6.45) is 2.20. The molecule has 1 saturated heterocycles. The first kappa shape index (κ1) is 21.5. The van der Waals surface area contributed by atoms with Gasteiger partial charge >= 0.3 is 0 Å². The Hall–Kier alpha value is -3.32. The molecule has 5 rings (SSSR count). The Morgan fingerprint density at radius 2 is 1.85 bits per heavy atom. The van der Waals surface area contributed by atoms with Crippen LogP contribution < -0.4 is 5.56 Å². The first-order valence-corrected chi connectivity index (χ1v) is 11.7. The van der Waals surface area contributed by atoms with Crippen LogP contribution in [0.3, 0.4) is 0 Å². The number of fused-ring (bicyclic) bond motifs is 1. The summed E-state index contributed by atoms with van der Waals surface area (Å²) in [5.41, 5.74) is 4.90. The summed E-state index contributed by atoms with van der Waals surface area (Å²) in [5.74, 6) is 1.39. The van der Waals surface area contributed by atoms with Crippen LogP contribution in [0.5, 0.6) is 0 Å². The molecular formula is C26H30N6O. The van der Waals surface area contributed by atoms with Gasteiger partial charge in [0.25, 0.3) is 5.56 Å². The summed E-state index contributed by atoms with van der Waals surface area (Å²) >= 11 is 0. The van der Waals surface area contributed by atoms with Gasteiger partial charge in [0.05, 0.1) is 6.54 Å². The number of aromatic amines is 1. The van der Waals surface area contributed by atoms with Crippen LogP contribution in [0.2, 0.25) is 0 Å². The topological polar surface area (TPSA) is 79.7 Å². The van der Waals surface area contributed by atoms with Crippen molar-refractivity contribution < 1.29 is 0 Å². The Labute approximate surface area is 193 Å². The van der Waals surface area contributed by atoms with Crippen molar-refractivity contribution in [2.45, 2.75) is 46.2 Å². The Bertz CT molecular complexity index is 1320.